The molecule has 0 saturated heterocycles. The molecule has 1 unspecified atom stereocenters. The average molecular weight is 451 g/mol. The van der Waals surface area contributed by atoms with Gasteiger partial charge in [0.05, 0.1) is 22.9 Å². The first kappa shape index (κ1) is 23.0. The van der Waals surface area contributed by atoms with Crippen molar-refractivity contribution in [2.24, 2.45) is 5.41 Å². The highest BCUT2D eigenvalue weighted by Crippen LogP contribution is 2.42. The molecular weight excluding hydrogens is 426 g/mol. The van der Waals surface area contributed by atoms with E-state index in [0.717, 1.165) is 0 Å². The number of halogens is 3. The fourth-order valence-electron chi connectivity index (χ4n) is 3.42. The van der Waals surface area contributed by atoms with Crippen molar-refractivity contribution >= 4 is 34.8 Å². The van der Waals surface area contributed by atoms with Crippen LogP contribution in [0.1, 0.15) is 45.2 Å². The Morgan fingerprint density at radius 1 is 1.26 bits per heavy atom. The summed E-state index contributed by atoms with van der Waals surface area (Å²) in [5.74, 6) is -2.09. The van der Waals surface area contributed by atoms with Gasteiger partial charge in [-0.25, -0.2) is 8.78 Å². The van der Waals surface area contributed by atoms with E-state index in [1.165, 1.54) is 30.0 Å². The highest BCUT2D eigenvalue weighted by atomic mass is 35.5. The van der Waals surface area contributed by atoms with Gasteiger partial charge in [0.25, 0.3) is 5.91 Å². The van der Waals surface area contributed by atoms with E-state index in [1.807, 2.05) is 20.8 Å². The van der Waals surface area contributed by atoms with Crippen LogP contribution in [0.2, 0.25) is 5.02 Å². The van der Waals surface area contributed by atoms with Gasteiger partial charge in [-0.1, -0.05) is 38.4 Å². The van der Waals surface area contributed by atoms with Gasteiger partial charge in [-0.15, -0.1) is 0 Å². The molecule has 8 heteroatoms. The molecule has 2 amide bonds. The minimum absolute atomic E-state index is 0.0272. The summed E-state index contributed by atoms with van der Waals surface area (Å²) in [5, 5.41) is 2.57. The predicted octanol–water partition coefficient (Wildman–Crippen LogP) is 5.62. The van der Waals surface area contributed by atoms with Gasteiger partial charge < -0.3 is 15.0 Å². The third-order valence-electron chi connectivity index (χ3n) is 4.88. The second kappa shape index (κ2) is 8.46. The number of amides is 2. The molecule has 166 valence electrons. The lowest BCUT2D eigenvalue weighted by Crippen LogP contribution is -2.44. The minimum Gasteiger partial charge on any atom is -0.476 e. The Morgan fingerprint density at radius 3 is 2.55 bits per heavy atom. The molecule has 1 heterocycles. The van der Waals surface area contributed by atoms with E-state index in [9.17, 15) is 14.0 Å². The second-order valence-electron chi connectivity index (χ2n) is 8.95. The van der Waals surface area contributed by atoms with Crippen molar-refractivity contribution < 1.29 is 23.1 Å². The van der Waals surface area contributed by atoms with Crippen molar-refractivity contribution in [3.05, 3.63) is 52.0 Å². The summed E-state index contributed by atoms with van der Waals surface area (Å²) < 4.78 is 34.4. The third kappa shape index (κ3) is 4.98. The van der Waals surface area contributed by atoms with Gasteiger partial charge in [0.2, 0.25) is 5.91 Å². The summed E-state index contributed by atoms with van der Waals surface area (Å²) in [4.78, 5) is 26.5. The Bertz CT molecular complexity index is 1050. The molecule has 1 atom stereocenters. The molecule has 2 aromatic carbocycles. The van der Waals surface area contributed by atoms with Crippen LogP contribution in [0, 0.1) is 24.0 Å². The van der Waals surface area contributed by atoms with Crippen LogP contribution >= 0.6 is 11.6 Å². The Kier molecular flexibility index (Phi) is 6.28. The molecule has 1 aliphatic rings. The number of fused-ring (bicyclic) bond motifs is 1. The van der Waals surface area contributed by atoms with Gasteiger partial charge in [0, 0.05) is 6.42 Å². The highest BCUT2D eigenvalue weighted by Gasteiger charge is 2.35. The maximum atomic E-state index is 15.4. The first-order valence-corrected chi connectivity index (χ1v) is 10.3. The van der Waals surface area contributed by atoms with Crippen LogP contribution in [0.15, 0.2) is 24.3 Å². The molecule has 0 aliphatic carbocycles. The molecule has 2 aromatic rings. The summed E-state index contributed by atoms with van der Waals surface area (Å²) in [6, 6.07) is 5.75. The van der Waals surface area contributed by atoms with Crippen molar-refractivity contribution in [2.45, 2.75) is 53.7 Å². The highest BCUT2D eigenvalue weighted by molar-refractivity contribution is 6.30. The largest absolute Gasteiger partial charge is 0.476 e. The van der Waals surface area contributed by atoms with Crippen LogP contribution in [0.25, 0.3) is 0 Å². The fraction of sp³-hybridized carbons (Fsp3) is 0.391. The van der Waals surface area contributed by atoms with Crippen molar-refractivity contribution in [1.82, 2.24) is 0 Å². The molecule has 3 rings (SSSR count). The standard InChI is InChI=1S/C23H25ClF2N2O3/c1-12-8-17-21(19(26)20(12)27-18(29)10-23(3,4)5)31-13(2)22(30)28(17)11-14-6-7-16(25)15(24)9-14/h6-9,13H,10-11H2,1-5H3,(H,27,29). The van der Waals surface area contributed by atoms with Crippen LogP contribution in [-0.2, 0) is 16.1 Å². The van der Waals surface area contributed by atoms with E-state index in [0.29, 0.717) is 11.1 Å². The van der Waals surface area contributed by atoms with E-state index in [1.54, 1.807) is 13.0 Å². The number of carbonyl (C=O) groups excluding carboxylic acids is 2. The number of nitrogens with one attached hydrogen (secondary N) is 1. The lowest BCUT2D eigenvalue weighted by Gasteiger charge is -2.34. The molecule has 0 aromatic heterocycles. The van der Waals surface area contributed by atoms with Crippen LogP contribution in [-0.4, -0.2) is 17.9 Å². The van der Waals surface area contributed by atoms with Gasteiger partial charge in [-0.3, -0.25) is 9.59 Å². The summed E-state index contributed by atoms with van der Waals surface area (Å²) in [7, 11) is 0. The number of benzene rings is 2. The lowest BCUT2D eigenvalue weighted by molar-refractivity contribution is -0.125. The Labute approximate surface area is 185 Å². The zero-order valence-corrected chi connectivity index (χ0v) is 18.9. The predicted molar refractivity (Wildman–Crippen MR) is 117 cm³/mol. The van der Waals surface area contributed by atoms with Crippen LogP contribution < -0.4 is 15.0 Å². The number of aryl methyl sites for hydroxylation is 1. The zero-order valence-electron chi connectivity index (χ0n) is 18.1. The van der Waals surface area contributed by atoms with Crippen LogP contribution in [0.4, 0.5) is 20.2 Å². The van der Waals surface area contributed by atoms with Crippen LogP contribution in [0.5, 0.6) is 5.75 Å². The Hall–Kier alpha value is -2.67. The van der Waals surface area contributed by atoms with E-state index < -0.39 is 17.7 Å². The van der Waals surface area contributed by atoms with E-state index in [-0.39, 0.29) is 52.3 Å². The SMILES string of the molecule is Cc1cc2c(c(F)c1NC(=O)CC(C)(C)C)OC(C)C(=O)N2Cc1ccc(F)c(Cl)c1. The number of anilines is 2. The molecule has 0 spiro atoms. The molecule has 1 N–H and O–H groups in total. The first-order chi connectivity index (χ1) is 14.4. The third-order valence-corrected chi connectivity index (χ3v) is 5.17. The van der Waals surface area contributed by atoms with Crippen molar-refractivity contribution in [1.29, 1.82) is 0 Å². The molecule has 5 nitrogen and oxygen atoms in total. The van der Waals surface area contributed by atoms with Gasteiger partial charge in [-0.05, 0) is 48.6 Å². The molecule has 0 saturated carbocycles. The maximum Gasteiger partial charge on any atom is 0.268 e. The van der Waals surface area contributed by atoms with Gasteiger partial charge in [0.1, 0.15) is 5.82 Å². The Morgan fingerprint density at radius 2 is 1.94 bits per heavy atom. The number of carbonyl (C=O) groups is 2. The molecule has 31 heavy (non-hydrogen) atoms. The van der Waals surface area contributed by atoms with E-state index in [2.05, 4.69) is 5.32 Å². The smallest absolute Gasteiger partial charge is 0.268 e. The zero-order chi connectivity index (χ0) is 23.1. The van der Waals surface area contributed by atoms with Crippen molar-refractivity contribution in [3.8, 4) is 5.75 Å². The quantitative estimate of drug-likeness (QED) is 0.658. The summed E-state index contributed by atoms with van der Waals surface area (Å²) >= 11 is 5.86. The summed E-state index contributed by atoms with van der Waals surface area (Å²) in [6.07, 6.45) is -0.713. The minimum atomic E-state index is -0.932. The number of hydrogen-bond acceptors (Lipinski definition) is 3. The normalized spacial score (nSPS) is 16.1. The van der Waals surface area contributed by atoms with Gasteiger partial charge in [-0.2, -0.15) is 0 Å². The van der Waals surface area contributed by atoms with Crippen molar-refractivity contribution in [3.63, 3.8) is 0 Å². The molecule has 1 aliphatic heterocycles. The number of nitrogens with zero attached hydrogens (tertiary/aromatic N) is 1. The number of ether oxygens (including phenoxy) is 1. The van der Waals surface area contributed by atoms with Crippen LogP contribution in [0.3, 0.4) is 0 Å². The van der Waals surface area contributed by atoms with Crippen molar-refractivity contribution in [2.75, 3.05) is 10.2 Å². The molecule has 0 bridgehead atoms. The topological polar surface area (TPSA) is 58.6 Å². The fourth-order valence-corrected chi connectivity index (χ4v) is 3.63. The van der Waals surface area contributed by atoms with Gasteiger partial charge in [0.15, 0.2) is 17.7 Å². The van der Waals surface area contributed by atoms with E-state index >= 15 is 4.39 Å². The van der Waals surface area contributed by atoms with Gasteiger partial charge >= 0.3 is 0 Å². The summed E-state index contributed by atoms with van der Waals surface area (Å²) in [5.41, 5.74) is 1.05. The number of rotatable bonds is 4. The summed E-state index contributed by atoms with van der Waals surface area (Å²) in [6.45, 7) is 8.97. The first-order valence-electron chi connectivity index (χ1n) is 9.92. The molecular formula is C23H25ClF2N2O3. The average Bonchev–Trinajstić information content (AvgIpc) is 2.65. The second-order valence-corrected chi connectivity index (χ2v) is 9.36. The van der Waals surface area contributed by atoms with E-state index in [4.69, 9.17) is 16.3 Å². The lowest BCUT2D eigenvalue weighted by atomic mass is 9.92. The number of hydrogen-bond donors (Lipinski definition) is 1. The monoisotopic (exact) mass is 450 g/mol. The maximum absolute atomic E-state index is 15.4. The molecule has 0 radical (unpaired) electrons. The molecule has 0 fully saturated rings. The Balaban J connectivity index is 1.99.